The van der Waals surface area contributed by atoms with Crippen molar-refractivity contribution in [2.75, 3.05) is 43.9 Å². The maximum atomic E-state index is 5.98. The van der Waals surface area contributed by atoms with Crippen LogP contribution in [0.3, 0.4) is 0 Å². The molecule has 0 unspecified atom stereocenters. The lowest BCUT2D eigenvalue weighted by Gasteiger charge is -2.32. The standard InChI is InChI=1S/C12H21N5/c1-4-10-9(2)14-12(15-11(10)13)17-7-5-16(3)6-8-17/h4-8H2,1-3H3,(H2,13,14,15). The zero-order valence-electron chi connectivity index (χ0n) is 10.9. The topological polar surface area (TPSA) is 58.3 Å². The number of piperazine rings is 1. The second kappa shape index (κ2) is 4.87. The van der Waals surface area contributed by atoms with Crippen LogP contribution in [0.25, 0.3) is 0 Å². The summed E-state index contributed by atoms with van der Waals surface area (Å²) in [5.41, 5.74) is 8.06. The van der Waals surface area contributed by atoms with Gasteiger partial charge in [0.2, 0.25) is 5.95 Å². The quantitative estimate of drug-likeness (QED) is 0.817. The van der Waals surface area contributed by atoms with E-state index in [4.69, 9.17) is 5.73 Å². The summed E-state index contributed by atoms with van der Waals surface area (Å²) in [4.78, 5) is 13.5. The number of hydrogen-bond donors (Lipinski definition) is 1. The molecule has 0 bridgehead atoms. The molecule has 0 aliphatic carbocycles. The summed E-state index contributed by atoms with van der Waals surface area (Å²) in [6, 6.07) is 0. The highest BCUT2D eigenvalue weighted by molar-refractivity contribution is 5.48. The predicted molar refractivity (Wildman–Crippen MR) is 70.3 cm³/mol. The molecule has 5 nitrogen and oxygen atoms in total. The van der Waals surface area contributed by atoms with Gasteiger partial charge in [-0.05, 0) is 20.4 Å². The minimum absolute atomic E-state index is 0.633. The van der Waals surface area contributed by atoms with Crippen LogP contribution < -0.4 is 10.6 Å². The van der Waals surface area contributed by atoms with Gasteiger partial charge in [-0.2, -0.15) is 4.98 Å². The van der Waals surface area contributed by atoms with Crippen LogP contribution in [0.4, 0.5) is 11.8 Å². The van der Waals surface area contributed by atoms with Gasteiger partial charge in [-0.3, -0.25) is 0 Å². The van der Waals surface area contributed by atoms with E-state index in [9.17, 15) is 0 Å². The second-order valence-corrected chi connectivity index (χ2v) is 4.62. The fraction of sp³-hybridized carbons (Fsp3) is 0.667. The average molecular weight is 235 g/mol. The van der Waals surface area contributed by atoms with Crippen molar-refractivity contribution in [3.63, 3.8) is 0 Å². The monoisotopic (exact) mass is 235 g/mol. The molecule has 1 aliphatic heterocycles. The lowest BCUT2D eigenvalue weighted by molar-refractivity contribution is 0.311. The van der Waals surface area contributed by atoms with E-state index in [0.29, 0.717) is 5.82 Å². The van der Waals surface area contributed by atoms with Crippen LogP contribution in [0.15, 0.2) is 0 Å². The number of aryl methyl sites for hydroxylation is 1. The fourth-order valence-corrected chi connectivity index (χ4v) is 2.19. The number of anilines is 2. The van der Waals surface area contributed by atoms with Gasteiger partial charge in [0.1, 0.15) is 5.82 Å². The number of hydrogen-bond acceptors (Lipinski definition) is 5. The summed E-state index contributed by atoms with van der Waals surface area (Å²) in [5, 5.41) is 0. The molecule has 1 aromatic heterocycles. The van der Waals surface area contributed by atoms with E-state index >= 15 is 0 Å². The molecule has 17 heavy (non-hydrogen) atoms. The number of likely N-dealkylation sites (N-methyl/N-ethyl adjacent to an activating group) is 1. The van der Waals surface area contributed by atoms with Crippen LogP contribution in [0.5, 0.6) is 0 Å². The summed E-state index contributed by atoms with van der Waals surface area (Å²) in [7, 11) is 2.14. The third-order valence-corrected chi connectivity index (χ3v) is 3.37. The Morgan fingerprint density at radius 2 is 1.82 bits per heavy atom. The van der Waals surface area contributed by atoms with E-state index in [1.165, 1.54) is 0 Å². The molecule has 0 radical (unpaired) electrons. The summed E-state index contributed by atoms with van der Waals surface area (Å²) in [6.45, 7) is 8.14. The lowest BCUT2D eigenvalue weighted by atomic mass is 10.2. The number of nitrogens with two attached hydrogens (primary N) is 1. The van der Waals surface area contributed by atoms with E-state index in [2.05, 4.69) is 33.7 Å². The predicted octanol–water partition coefficient (Wildman–Crippen LogP) is 0.681. The molecule has 2 N–H and O–H groups in total. The number of rotatable bonds is 2. The smallest absolute Gasteiger partial charge is 0.227 e. The van der Waals surface area contributed by atoms with E-state index in [1.54, 1.807) is 0 Å². The van der Waals surface area contributed by atoms with Crippen LogP contribution in [-0.2, 0) is 6.42 Å². The SMILES string of the molecule is CCc1c(C)nc(N2CCN(C)CC2)nc1N. The fourth-order valence-electron chi connectivity index (χ4n) is 2.19. The molecule has 94 valence electrons. The van der Waals surface area contributed by atoms with Crippen molar-refractivity contribution in [2.24, 2.45) is 0 Å². The third kappa shape index (κ3) is 2.49. The summed E-state index contributed by atoms with van der Waals surface area (Å²) in [5.74, 6) is 1.42. The normalized spacial score (nSPS) is 17.5. The summed E-state index contributed by atoms with van der Waals surface area (Å²) >= 11 is 0. The van der Waals surface area contributed by atoms with E-state index in [-0.39, 0.29) is 0 Å². The molecular formula is C12H21N5. The maximum Gasteiger partial charge on any atom is 0.227 e. The first kappa shape index (κ1) is 12.1. The van der Waals surface area contributed by atoms with Gasteiger partial charge in [-0.15, -0.1) is 0 Å². The molecule has 5 heteroatoms. The van der Waals surface area contributed by atoms with E-state index < -0.39 is 0 Å². The Morgan fingerprint density at radius 3 is 2.35 bits per heavy atom. The highest BCUT2D eigenvalue weighted by Crippen LogP contribution is 2.19. The zero-order valence-corrected chi connectivity index (χ0v) is 10.9. The lowest BCUT2D eigenvalue weighted by Crippen LogP contribution is -2.45. The molecule has 0 aromatic carbocycles. The van der Waals surface area contributed by atoms with Crippen molar-refractivity contribution in [3.8, 4) is 0 Å². The molecule has 0 atom stereocenters. The largest absolute Gasteiger partial charge is 0.383 e. The molecule has 0 saturated carbocycles. The van der Waals surface area contributed by atoms with Crippen LogP contribution in [-0.4, -0.2) is 48.1 Å². The minimum atomic E-state index is 0.633. The molecule has 2 rings (SSSR count). The molecule has 0 amide bonds. The van der Waals surface area contributed by atoms with E-state index in [0.717, 1.165) is 49.8 Å². The van der Waals surface area contributed by atoms with Crippen LogP contribution >= 0.6 is 0 Å². The third-order valence-electron chi connectivity index (χ3n) is 3.37. The molecule has 1 saturated heterocycles. The minimum Gasteiger partial charge on any atom is -0.383 e. The molecule has 0 spiro atoms. The molecule has 1 fully saturated rings. The maximum absolute atomic E-state index is 5.98. The van der Waals surface area contributed by atoms with Crippen molar-refractivity contribution in [1.82, 2.24) is 14.9 Å². The molecular weight excluding hydrogens is 214 g/mol. The summed E-state index contributed by atoms with van der Waals surface area (Å²) < 4.78 is 0. The van der Waals surface area contributed by atoms with E-state index in [1.807, 2.05) is 6.92 Å². The number of aromatic nitrogens is 2. The van der Waals surface area contributed by atoms with Crippen molar-refractivity contribution < 1.29 is 0 Å². The van der Waals surface area contributed by atoms with Crippen molar-refractivity contribution >= 4 is 11.8 Å². The summed E-state index contributed by atoms with van der Waals surface area (Å²) in [6.07, 6.45) is 0.890. The van der Waals surface area contributed by atoms with Crippen molar-refractivity contribution in [2.45, 2.75) is 20.3 Å². The van der Waals surface area contributed by atoms with Crippen molar-refractivity contribution in [3.05, 3.63) is 11.3 Å². The Balaban J connectivity index is 2.22. The Kier molecular flexibility index (Phi) is 3.47. The van der Waals surface area contributed by atoms with Crippen LogP contribution in [0.2, 0.25) is 0 Å². The second-order valence-electron chi connectivity index (χ2n) is 4.62. The van der Waals surface area contributed by atoms with Gasteiger partial charge in [0, 0.05) is 37.4 Å². The Morgan fingerprint density at radius 1 is 1.18 bits per heavy atom. The average Bonchev–Trinajstić information content (AvgIpc) is 2.29. The first-order valence-corrected chi connectivity index (χ1v) is 6.18. The van der Waals surface area contributed by atoms with Gasteiger partial charge >= 0.3 is 0 Å². The molecule has 1 aliphatic rings. The Bertz CT molecular complexity index is 373. The van der Waals surface area contributed by atoms with Crippen molar-refractivity contribution in [1.29, 1.82) is 0 Å². The first-order valence-electron chi connectivity index (χ1n) is 6.18. The Labute approximate surface area is 103 Å². The van der Waals surface area contributed by atoms with Gasteiger partial charge in [0.05, 0.1) is 0 Å². The first-order chi connectivity index (χ1) is 8.11. The number of nitrogens with zero attached hydrogens (tertiary/aromatic N) is 4. The number of nitrogen functional groups attached to an aromatic ring is 1. The van der Waals surface area contributed by atoms with Gasteiger partial charge in [0.25, 0.3) is 0 Å². The zero-order chi connectivity index (χ0) is 12.4. The van der Waals surface area contributed by atoms with Crippen LogP contribution in [0.1, 0.15) is 18.2 Å². The Hall–Kier alpha value is -1.36. The van der Waals surface area contributed by atoms with Crippen LogP contribution in [0, 0.1) is 6.92 Å². The van der Waals surface area contributed by atoms with Gasteiger partial charge in [0.15, 0.2) is 0 Å². The van der Waals surface area contributed by atoms with Gasteiger partial charge in [-0.25, -0.2) is 4.98 Å². The highest BCUT2D eigenvalue weighted by atomic mass is 15.3. The van der Waals surface area contributed by atoms with Gasteiger partial charge < -0.3 is 15.5 Å². The molecule has 2 heterocycles. The highest BCUT2D eigenvalue weighted by Gasteiger charge is 2.18. The molecule has 1 aromatic rings. The van der Waals surface area contributed by atoms with Gasteiger partial charge in [-0.1, -0.05) is 6.92 Å².